The van der Waals surface area contributed by atoms with E-state index in [0.29, 0.717) is 6.61 Å². The molecule has 0 saturated carbocycles. The second-order valence-electron chi connectivity index (χ2n) is 5.05. The van der Waals surface area contributed by atoms with Gasteiger partial charge in [0.05, 0.1) is 17.0 Å². The predicted molar refractivity (Wildman–Crippen MR) is 86.3 cm³/mol. The van der Waals surface area contributed by atoms with Crippen LogP contribution in [0.15, 0.2) is 18.2 Å². The standard InChI is InChI=1S/C14H15NOS3/c1-4-16-8-5-6-9-10(7-8)15-14(2,3)12-11(9)13(17)19-18-12/h5-7,15H,4H2,1-3H3. The van der Waals surface area contributed by atoms with Gasteiger partial charge in [-0.3, -0.25) is 0 Å². The summed E-state index contributed by atoms with van der Waals surface area (Å²) in [5.74, 6) is 0.901. The van der Waals surface area contributed by atoms with Crippen molar-refractivity contribution in [3.05, 3.63) is 26.9 Å². The van der Waals surface area contributed by atoms with Gasteiger partial charge in [0.1, 0.15) is 9.57 Å². The van der Waals surface area contributed by atoms with Crippen molar-refractivity contribution in [3.8, 4) is 16.9 Å². The van der Waals surface area contributed by atoms with Gasteiger partial charge in [-0.25, -0.2) is 0 Å². The van der Waals surface area contributed by atoms with Crippen LogP contribution in [0.4, 0.5) is 5.69 Å². The SMILES string of the molecule is CCOc1ccc2c(c1)NC(C)(C)c1ssc(=S)c1-2. The summed E-state index contributed by atoms with van der Waals surface area (Å²) in [6, 6.07) is 6.19. The fourth-order valence-electron chi connectivity index (χ4n) is 2.40. The topological polar surface area (TPSA) is 21.3 Å². The Balaban J connectivity index is 2.22. The van der Waals surface area contributed by atoms with E-state index in [0.717, 1.165) is 15.3 Å². The third kappa shape index (κ3) is 2.10. The van der Waals surface area contributed by atoms with Gasteiger partial charge < -0.3 is 10.1 Å². The minimum absolute atomic E-state index is 0.0780. The van der Waals surface area contributed by atoms with Crippen molar-refractivity contribution < 1.29 is 4.74 Å². The molecule has 5 heteroatoms. The Morgan fingerprint density at radius 3 is 2.84 bits per heavy atom. The van der Waals surface area contributed by atoms with E-state index in [-0.39, 0.29) is 5.54 Å². The lowest BCUT2D eigenvalue weighted by atomic mass is 9.90. The number of hydrogen-bond donors (Lipinski definition) is 1. The quantitative estimate of drug-likeness (QED) is 0.603. The summed E-state index contributed by atoms with van der Waals surface area (Å²) >= 11 is 5.50. The van der Waals surface area contributed by atoms with Crippen LogP contribution in [0, 0.1) is 3.82 Å². The van der Waals surface area contributed by atoms with Gasteiger partial charge in [-0.2, -0.15) is 0 Å². The van der Waals surface area contributed by atoms with Crippen LogP contribution in [0.25, 0.3) is 11.1 Å². The molecule has 2 aromatic rings. The molecule has 0 spiro atoms. The molecule has 19 heavy (non-hydrogen) atoms. The monoisotopic (exact) mass is 309 g/mol. The van der Waals surface area contributed by atoms with Crippen molar-refractivity contribution in [2.45, 2.75) is 26.3 Å². The highest BCUT2D eigenvalue weighted by molar-refractivity contribution is 7.80. The highest BCUT2D eigenvalue weighted by atomic mass is 32.9. The number of hydrogen-bond acceptors (Lipinski definition) is 5. The van der Waals surface area contributed by atoms with Crippen LogP contribution in [-0.2, 0) is 5.54 Å². The van der Waals surface area contributed by atoms with Crippen molar-refractivity contribution in [1.29, 1.82) is 0 Å². The Labute approximate surface area is 125 Å². The van der Waals surface area contributed by atoms with Crippen molar-refractivity contribution in [2.24, 2.45) is 0 Å². The van der Waals surface area contributed by atoms with Crippen LogP contribution in [0.3, 0.4) is 0 Å². The third-order valence-corrected chi connectivity index (χ3v) is 6.56. The lowest BCUT2D eigenvalue weighted by molar-refractivity contribution is 0.340. The summed E-state index contributed by atoms with van der Waals surface area (Å²) < 4.78 is 6.57. The van der Waals surface area contributed by atoms with Crippen LogP contribution in [0.1, 0.15) is 25.6 Å². The zero-order valence-corrected chi connectivity index (χ0v) is 13.5. The van der Waals surface area contributed by atoms with Crippen molar-refractivity contribution in [3.63, 3.8) is 0 Å². The number of nitrogens with one attached hydrogen (secondary N) is 1. The Hall–Kier alpha value is -0.910. The lowest BCUT2D eigenvalue weighted by Crippen LogP contribution is -2.30. The molecular weight excluding hydrogens is 294 g/mol. The highest BCUT2D eigenvalue weighted by Gasteiger charge is 2.33. The number of anilines is 1. The largest absolute Gasteiger partial charge is 0.494 e. The van der Waals surface area contributed by atoms with E-state index in [4.69, 9.17) is 17.0 Å². The molecule has 2 nitrogen and oxygen atoms in total. The first-order valence-corrected chi connectivity index (χ1v) is 8.78. The molecule has 0 amide bonds. The predicted octanol–water partition coefficient (Wildman–Crippen LogP) is 5.27. The van der Waals surface area contributed by atoms with Gasteiger partial charge in [-0.1, -0.05) is 32.9 Å². The molecule has 0 atom stereocenters. The summed E-state index contributed by atoms with van der Waals surface area (Å²) in [5.41, 5.74) is 3.46. The summed E-state index contributed by atoms with van der Waals surface area (Å²) in [6.07, 6.45) is 0. The molecule has 1 aromatic carbocycles. The van der Waals surface area contributed by atoms with Crippen LogP contribution in [0.5, 0.6) is 5.75 Å². The molecule has 3 rings (SSSR count). The van der Waals surface area contributed by atoms with Gasteiger partial charge in [0.15, 0.2) is 0 Å². The van der Waals surface area contributed by atoms with E-state index >= 15 is 0 Å². The van der Waals surface area contributed by atoms with E-state index in [1.165, 1.54) is 16.0 Å². The van der Waals surface area contributed by atoms with Crippen LogP contribution < -0.4 is 10.1 Å². The Kier molecular flexibility index (Phi) is 3.15. The van der Waals surface area contributed by atoms with Gasteiger partial charge in [0, 0.05) is 22.9 Å². The zero-order valence-electron chi connectivity index (χ0n) is 11.1. The Morgan fingerprint density at radius 2 is 2.11 bits per heavy atom. The Bertz CT molecular complexity index is 684. The molecule has 0 aliphatic carbocycles. The number of benzene rings is 1. The zero-order chi connectivity index (χ0) is 13.6. The molecule has 0 fully saturated rings. The summed E-state index contributed by atoms with van der Waals surface area (Å²) in [7, 11) is 3.47. The number of ether oxygens (including phenoxy) is 1. The molecular formula is C14H15NOS3. The molecule has 1 aromatic heterocycles. The fraction of sp³-hybridized carbons (Fsp3) is 0.357. The first kappa shape index (κ1) is 13.1. The molecule has 0 radical (unpaired) electrons. The minimum atomic E-state index is -0.0780. The van der Waals surface area contributed by atoms with Crippen molar-refractivity contribution in [1.82, 2.24) is 0 Å². The lowest BCUT2D eigenvalue weighted by Gasteiger charge is -2.33. The maximum absolute atomic E-state index is 5.58. The van der Waals surface area contributed by atoms with Crippen LogP contribution >= 0.6 is 32.9 Å². The summed E-state index contributed by atoms with van der Waals surface area (Å²) in [6.45, 7) is 7.07. The van der Waals surface area contributed by atoms with Crippen LogP contribution in [0.2, 0.25) is 0 Å². The molecule has 100 valence electrons. The van der Waals surface area contributed by atoms with Gasteiger partial charge in [0.25, 0.3) is 0 Å². The molecule has 0 bridgehead atoms. The summed E-state index contributed by atoms with van der Waals surface area (Å²) in [5, 5.41) is 3.60. The average molecular weight is 309 g/mol. The molecule has 1 N–H and O–H groups in total. The number of fused-ring (bicyclic) bond motifs is 3. The van der Waals surface area contributed by atoms with Crippen LogP contribution in [-0.4, -0.2) is 6.61 Å². The van der Waals surface area contributed by atoms with Gasteiger partial charge in [-0.15, -0.1) is 0 Å². The second kappa shape index (κ2) is 4.58. The summed E-state index contributed by atoms with van der Waals surface area (Å²) in [4.78, 5) is 1.33. The maximum Gasteiger partial charge on any atom is 0.121 e. The molecule has 0 saturated heterocycles. The van der Waals surface area contributed by atoms with Crippen molar-refractivity contribution in [2.75, 3.05) is 11.9 Å². The molecule has 0 unspecified atom stereocenters. The Morgan fingerprint density at radius 1 is 1.32 bits per heavy atom. The smallest absolute Gasteiger partial charge is 0.121 e. The second-order valence-corrected chi connectivity index (χ2v) is 7.87. The highest BCUT2D eigenvalue weighted by Crippen LogP contribution is 2.49. The molecule has 2 heterocycles. The van der Waals surface area contributed by atoms with Gasteiger partial charge in [-0.05, 0) is 32.9 Å². The first-order valence-electron chi connectivity index (χ1n) is 6.22. The van der Waals surface area contributed by atoms with E-state index < -0.39 is 0 Å². The van der Waals surface area contributed by atoms with E-state index in [9.17, 15) is 0 Å². The normalized spacial score (nSPS) is 15.3. The van der Waals surface area contributed by atoms with E-state index in [2.05, 4.69) is 31.3 Å². The first-order chi connectivity index (χ1) is 9.03. The number of rotatable bonds is 2. The molecule has 1 aliphatic rings. The third-order valence-electron chi connectivity index (χ3n) is 3.22. The van der Waals surface area contributed by atoms with Gasteiger partial charge >= 0.3 is 0 Å². The van der Waals surface area contributed by atoms with Gasteiger partial charge in [0.2, 0.25) is 0 Å². The average Bonchev–Trinajstić information content (AvgIpc) is 2.72. The maximum atomic E-state index is 5.58. The minimum Gasteiger partial charge on any atom is -0.494 e. The van der Waals surface area contributed by atoms with Crippen molar-refractivity contribution >= 4 is 38.6 Å². The van der Waals surface area contributed by atoms with E-state index in [1.54, 1.807) is 20.7 Å². The fourth-order valence-corrected chi connectivity index (χ4v) is 5.66. The van der Waals surface area contributed by atoms with E-state index in [1.807, 2.05) is 13.0 Å². The molecule has 1 aliphatic heterocycles.